The highest BCUT2D eigenvalue weighted by Gasteiger charge is 2.29. The Labute approximate surface area is 145 Å². The molecule has 1 saturated carbocycles. The third-order valence-electron chi connectivity index (χ3n) is 5.47. The lowest BCUT2D eigenvalue weighted by Gasteiger charge is -2.43. The van der Waals surface area contributed by atoms with E-state index in [1.165, 1.54) is 38.6 Å². The predicted octanol–water partition coefficient (Wildman–Crippen LogP) is 1.82. The molecule has 0 amide bonds. The molecule has 134 valence electrons. The molecule has 1 aromatic heterocycles. The van der Waals surface area contributed by atoms with Crippen molar-refractivity contribution in [3.8, 4) is 0 Å². The van der Waals surface area contributed by atoms with Crippen LogP contribution in [-0.2, 0) is 0 Å². The van der Waals surface area contributed by atoms with Crippen molar-refractivity contribution in [2.24, 2.45) is 5.92 Å². The number of aryl methyl sites for hydroxylation is 1. The average molecular weight is 333 g/mol. The highest BCUT2D eigenvalue weighted by Crippen LogP contribution is 2.27. The van der Waals surface area contributed by atoms with Crippen LogP contribution in [0.1, 0.15) is 44.2 Å². The van der Waals surface area contributed by atoms with E-state index in [-0.39, 0.29) is 6.61 Å². The van der Waals surface area contributed by atoms with Crippen LogP contribution in [0.5, 0.6) is 0 Å². The number of hydrogen-bond donors (Lipinski definition) is 2. The highest BCUT2D eigenvalue weighted by atomic mass is 16.3. The summed E-state index contributed by atoms with van der Waals surface area (Å²) in [4.78, 5) is 13.5. The molecular weight excluding hydrogens is 302 g/mol. The van der Waals surface area contributed by atoms with E-state index in [2.05, 4.69) is 19.8 Å². The van der Waals surface area contributed by atoms with E-state index >= 15 is 0 Å². The molecule has 1 aromatic rings. The van der Waals surface area contributed by atoms with Gasteiger partial charge in [0.05, 0.1) is 0 Å². The summed E-state index contributed by atoms with van der Waals surface area (Å²) in [5.74, 6) is 2.09. The molecule has 0 spiro atoms. The first-order chi connectivity index (χ1) is 11.7. The topological polar surface area (TPSA) is 78.5 Å². The molecule has 24 heavy (non-hydrogen) atoms. The molecule has 1 aliphatic heterocycles. The Hall–Kier alpha value is -1.40. The molecule has 1 unspecified atom stereocenters. The highest BCUT2D eigenvalue weighted by molar-refractivity contribution is 5.44. The molecule has 3 N–H and O–H groups in total. The summed E-state index contributed by atoms with van der Waals surface area (Å²) in [6.07, 6.45) is 7.73. The zero-order valence-corrected chi connectivity index (χ0v) is 14.8. The fraction of sp³-hybridized carbons (Fsp3) is 0.778. The smallest absolute Gasteiger partial charge is 0.222 e. The van der Waals surface area contributed by atoms with Gasteiger partial charge in [0.15, 0.2) is 0 Å². The lowest BCUT2D eigenvalue weighted by atomic mass is 9.88. The molecule has 1 atom stereocenters. The summed E-state index contributed by atoms with van der Waals surface area (Å²) in [7, 11) is 0. The van der Waals surface area contributed by atoms with Gasteiger partial charge in [0.25, 0.3) is 0 Å². The molecule has 1 aliphatic carbocycles. The number of aliphatic hydroxyl groups is 1. The van der Waals surface area contributed by atoms with Crippen molar-refractivity contribution < 1.29 is 5.11 Å². The summed E-state index contributed by atoms with van der Waals surface area (Å²) >= 11 is 0. The Morgan fingerprint density at radius 3 is 2.71 bits per heavy atom. The minimum absolute atomic E-state index is 0.241. The van der Waals surface area contributed by atoms with Crippen molar-refractivity contribution in [1.29, 1.82) is 0 Å². The first-order valence-electron chi connectivity index (χ1n) is 9.36. The van der Waals surface area contributed by atoms with Crippen LogP contribution in [0.15, 0.2) is 6.07 Å². The maximum Gasteiger partial charge on any atom is 0.222 e. The molecule has 0 radical (unpaired) electrons. The maximum absolute atomic E-state index is 9.50. The number of piperazine rings is 1. The fourth-order valence-corrected chi connectivity index (χ4v) is 4.20. The zero-order chi connectivity index (χ0) is 16.9. The first-order valence-corrected chi connectivity index (χ1v) is 9.36. The van der Waals surface area contributed by atoms with Gasteiger partial charge in [-0.1, -0.05) is 19.3 Å². The number of rotatable bonds is 5. The van der Waals surface area contributed by atoms with E-state index in [9.17, 15) is 5.11 Å². The number of hydrogen-bond acceptors (Lipinski definition) is 6. The average Bonchev–Trinajstić information content (AvgIpc) is 2.57. The molecular formula is C18H31N5O. The molecule has 6 heteroatoms. The quantitative estimate of drug-likeness (QED) is 0.856. The Morgan fingerprint density at radius 2 is 2.00 bits per heavy atom. The molecule has 6 nitrogen and oxygen atoms in total. The molecule has 0 aromatic carbocycles. The second-order valence-corrected chi connectivity index (χ2v) is 7.34. The Kier molecular flexibility index (Phi) is 5.89. The van der Waals surface area contributed by atoms with Gasteiger partial charge in [-0.2, -0.15) is 4.98 Å². The van der Waals surface area contributed by atoms with Gasteiger partial charge in [-0.05, 0) is 32.1 Å². The van der Waals surface area contributed by atoms with Crippen LogP contribution in [-0.4, -0.2) is 58.8 Å². The van der Waals surface area contributed by atoms with Crippen LogP contribution >= 0.6 is 0 Å². The van der Waals surface area contributed by atoms with Gasteiger partial charge in [0, 0.05) is 50.6 Å². The van der Waals surface area contributed by atoms with Crippen molar-refractivity contribution >= 4 is 11.8 Å². The largest absolute Gasteiger partial charge is 0.396 e. The van der Waals surface area contributed by atoms with Gasteiger partial charge >= 0.3 is 0 Å². The second kappa shape index (κ2) is 8.12. The Morgan fingerprint density at radius 1 is 1.21 bits per heavy atom. The van der Waals surface area contributed by atoms with Crippen LogP contribution in [0.2, 0.25) is 0 Å². The van der Waals surface area contributed by atoms with Crippen molar-refractivity contribution in [2.45, 2.75) is 51.5 Å². The van der Waals surface area contributed by atoms with Gasteiger partial charge in [0.2, 0.25) is 5.95 Å². The van der Waals surface area contributed by atoms with Gasteiger partial charge in [-0.15, -0.1) is 0 Å². The molecule has 0 bridgehead atoms. The van der Waals surface area contributed by atoms with Gasteiger partial charge < -0.3 is 15.7 Å². The molecule has 2 aliphatic rings. The van der Waals surface area contributed by atoms with Crippen LogP contribution in [0.3, 0.4) is 0 Å². The number of aliphatic hydroxyl groups excluding tert-OH is 1. The summed E-state index contributed by atoms with van der Waals surface area (Å²) in [6.45, 7) is 6.28. The number of aromatic nitrogens is 2. The van der Waals surface area contributed by atoms with Crippen LogP contribution in [0, 0.1) is 12.8 Å². The van der Waals surface area contributed by atoms with E-state index in [0.717, 1.165) is 43.5 Å². The summed E-state index contributed by atoms with van der Waals surface area (Å²) in [6, 6.07) is 2.39. The van der Waals surface area contributed by atoms with Gasteiger partial charge in [-0.3, -0.25) is 4.90 Å². The maximum atomic E-state index is 9.50. The predicted molar refractivity (Wildman–Crippen MR) is 97.0 cm³/mol. The van der Waals surface area contributed by atoms with Crippen molar-refractivity contribution in [3.05, 3.63) is 11.8 Å². The first kappa shape index (κ1) is 17.4. The van der Waals surface area contributed by atoms with Gasteiger partial charge in [0.1, 0.15) is 5.82 Å². The lowest BCUT2D eigenvalue weighted by molar-refractivity contribution is 0.112. The standard InChI is InChI=1S/C18H31N5O/c1-14-11-17(21-18(19)20-14)23-9-8-22(16(13-23)7-10-24)12-15-5-3-2-4-6-15/h11,15-16,24H,2-10,12-13H2,1H3,(H2,19,20,21). The zero-order valence-electron chi connectivity index (χ0n) is 14.8. The van der Waals surface area contributed by atoms with Gasteiger partial charge in [-0.25, -0.2) is 4.98 Å². The number of nitrogens with zero attached hydrogens (tertiary/aromatic N) is 4. The monoisotopic (exact) mass is 333 g/mol. The Balaban J connectivity index is 1.65. The molecule has 2 heterocycles. The van der Waals surface area contributed by atoms with E-state index in [1.807, 2.05) is 13.0 Å². The normalized spacial score (nSPS) is 23.6. The molecule has 3 rings (SSSR count). The SMILES string of the molecule is Cc1cc(N2CCN(CC3CCCCC3)C(CCO)C2)nc(N)n1. The van der Waals surface area contributed by atoms with Crippen molar-refractivity contribution in [2.75, 3.05) is 43.4 Å². The minimum Gasteiger partial charge on any atom is -0.396 e. The number of nitrogens with two attached hydrogens (primary N) is 1. The summed E-state index contributed by atoms with van der Waals surface area (Å²) in [5, 5.41) is 9.50. The van der Waals surface area contributed by atoms with Crippen molar-refractivity contribution in [3.63, 3.8) is 0 Å². The van der Waals surface area contributed by atoms with E-state index in [4.69, 9.17) is 5.73 Å². The molecule has 1 saturated heterocycles. The third kappa shape index (κ3) is 4.36. The number of nitrogen functional groups attached to an aromatic ring is 1. The van der Waals surface area contributed by atoms with Crippen molar-refractivity contribution in [1.82, 2.24) is 14.9 Å². The van der Waals surface area contributed by atoms with Crippen LogP contribution in [0.4, 0.5) is 11.8 Å². The Bertz CT molecular complexity index is 512. The van der Waals surface area contributed by atoms with E-state index in [0.29, 0.717) is 12.0 Å². The minimum atomic E-state index is 0.241. The fourth-order valence-electron chi connectivity index (χ4n) is 4.20. The summed E-state index contributed by atoms with van der Waals surface area (Å²) in [5.41, 5.74) is 6.71. The lowest BCUT2D eigenvalue weighted by Crippen LogP contribution is -2.55. The van der Waals surface area contributed by atoms with Crippen LogP contribution in [0.25, 0.3) is 0 Å². The molecule has 2 fully saturated rings. The summed E-state index contributed by atoms with van der Waals surface area (Å²) < 4.78 is 0. The third-order valence-corrected chi connectivity index (χ3v) is 5.47. The number of anilines is 2. The van der Waals surface area contributed by atoms with E-state index in [1.54, 1.807) is 0 Å². The van der Waals surface area contributed by atoms with Crippen LogP contribution < -0.4 is 10.6 Å². The second-order valence-electron chi connectivity index (χ2n) is 7.34. The van der Waals surface area contributed by atoms with E-state index < -0.39 is 0 Å².